The molecule has 3 rings (SSSR count). The highest BCUT2D eigenvalue weighted by molar-refractivity contribution is 7.99. The molecule has 0 radical (unpaired) electrons. The van der Waals surface area contributed by atoms with Gasteiger partial charge in [-0.2, -0.15) is 0 Å². The molecule has 0 unspecified atom stereocenters. The van der Waals surface area contributed by atoms with Gasteiger partial charge in [-0.1, -0.05) is 24.8 Å². The molecule has 7 nitrogen and oxygen atoms in total. The molecular formula is C20H23N5O2S. The van der Waals surface area contributed by atoms with Gasteiger partial charge in [0, 0.05) is 30.1 Å². The Kier molecular flexibility index (Phi) is 6.65. The number of benzene rings is 1. The minimum atomic E-state index is -0.0255. The van der Waals surface area contributed by atoms with Crippen LogP contribution >= 0.6 is 11.8 Å². The molecule has 2 heterocycles. The zero-order valence-electron chi connectivity index (χ0n) is 16.1. The highest BCUT2D eigenvalue weighted by atomic mass is 32.2. The van der Waals surface area contributed by atoms with E-state index in [2.05, 4.69) is 20.5 Å². The first-order valence-corrected chi connectivity index (χ1v) is 10.0. The summed E-state index contributed by atoms with van der Waals surface area (Å²) >= 11 is 1.35. The van der Waals surface area contributed by atoms with Crippen LogP contribution in [0, 0.1) is 0 Å². The number of amides is 1. The molecule has 1 N–H and O–H groups in total. The van der Waals surface area contributed by atoms with Gasteiger partial charge in [0.15, 0.2) is 11.0 Å². The number of methoxy groups -OCH3 is 1. The quantitative estimate of drug-likeness (QED) is 0.587. The van der Waals surface area contributed by atoms with Crippen LogP contribution in [0.3, 0.4) is 0 Å². The van der Waals surface area contributed by atoms with E-state index in [-0.39, 0.29) is 17.7 Å². The first-order valence-electron chi connectivity index (χ1n) is 9.04. The number of nitrogens with zero attached hydrogens (tertiary/aromatic N) is 4. The Hall–Kier alpha value is -2.87. The van der Waals surface area contributed by atoms with Crippen molar-refractivity contribution in [2.45, 2.75) is 31.5 Å². The lowest BCUT2D eigenvalue weighted by Crippen LogP contribution is -2.33. The summed E-state index contributed by atoms with van der Waals surface area (Å²) in [6, 6.07) is 11.6. The Balaban J connectivity index is 1.94. The largest absolute Gasteiger partial charge is 0.497 e. The monoisotopic (exact) mass is 397 g/mol. The van der Waals surface area contributed by atoms with Crippen molar-refractivity contribution < 1.29 is 9.53 Å². The first kappa shape index (κ1) is 19.9. The Morgan fingerprint density at radius 2 is 2.14 bits per heavy atom. The minimum Gasteiger partial charge on any atom is -0.497 e. The van der Waals surface area contributed by atoms with Crippen LogP contribution in [-0.2, 0) is 4.79 Å². The minimum absolute atomic E-state index is 0.0255. The van der Waals surface area contributed by atoms with Gasteiger partial charge in [-0.3, -0.25) is 14.3 Å². The molecule has 0 saturated heterocycles. The summed E-state index contributed by atoms with van der Waals surface area (Å²) < 4.78 is 7.27. The predicted octanol–water partition coefficient (Wildman–Crippen LogP) is 3.34. The van der Waals surface area contributed by atoms with Gasteiger partial charge >= 0.3 is 0 Å². The third-order valence-electron chi connectivity index (χ3n) is 4.22. The highest BCUT2D eigenvalue weighted by Gasteiger charge is 2.18. The molecule has 0 aliphatic carbocycles. The topological polar surface area (TPSA) is 81.9 Å². The van der Waals surface area contributed by atoms with Crippen LogP contribution in [0.2, 0.25) is 0 Å². The van der Waals surface area contributed by atoms with Crippen LogP contribution in [0.5, 0.6) is 5.75 Å². The number of hydrogen-bond acceptors (Lipinski definition) is 6. The third-order valence-corrected chi connectivity index (χ3v) is 5.15. The SMILES string of the molecule is CC[C@H](C)NC(=O)CSc1nnc(-c2cccnc2)n1-c1cccc(OC)c1. The molecule has 1 atom stereocenters. The van der Waals surface area contributed by atoms with Crippen molar-refractivity contribution in [3.8, 4) is 22.8 Å². The molecule has 1 aromatic carbocycles. The van der Waals surface area contributed by atoms with Crippen molar-refractivity contribution in [1.82, 2.24) is 25.1 Å². The Morgan fingerprint density at radius 3 is 2.86 bits per heavy atom. The van der Waals surface area contributed by atoms with Crippen molar-refractivity contribution in [2.24, 2.45) is 0 Å². The van der Waals surface area contributed by atoms with Crippen molar-refractivity contribution in [2.75, 3.05) is 12.9 Å². The van der Waals surface area contributed by atoms with E-state index in [1.165, 1.54) is 11.8 Å². The van der Waals surface area contributed by atoms with Crippen LogP contribution in [0.4, 0.5) is 0 Å². The number of thioether (sulfide) groups is 1. The Bertz CT molecular complexity index is 929. The summed E-state index contributed by atoms with van der Waals surface area (Å²) in [5, 5.41) is 12.3. The van der Waals surface area contributed by atoms with Crippen LogP contribution < -0.4 is 10.1 Å². The van der Waals surface area contributed by atoms with Gasteiger partial charge in [-0.25, -0.2) is 0 Å². The van der Waals surface area contributed by atoms with Gasteiger partial charge in [-0.15, -0.1) is 10.2 Å². The van der Waals surface area contributed by atoms with E-state index < -0.39 is 0 Å². The number of hydrogen-bond donors (Lipinski definition) is 1. The van der Waals surface area contributed by atoms with E-state index in [0.717, 1.165) is 23.4 Å². The first-order chi connectivity index (χ1) is 13.6. The smallest absolute Gasteiger partial charge is 0.230 e. The second-order valence-corrected chi connectivity index (χ2v) is 7.19. The van der Waals surface area contributed by atoms with E-state index in [0.29, 0.717) is 11.0 Å². The number of pyridine rings is 1. The Labute approximate surface area is 168 Å². The fourth-order valence-electron chi connectivity index (χ4n) is 2.58. The van der Waals surface area contributed by atoms with Gasteiger partial charge in [0.25, 0.3) is 0 Å². The summed E-state index contributed by atoms with van der Waals surface area (Å²) in [5.74, 6) is 1.63. The molecule has 0 saturated carbocycles. The Morgan fingerprint density at radius 1 is 1.29 bits per heavy atom. The van der Waals surface area contributed by atoms with E-state index >= 15 is 0 Å². The number of rotatable bonds is 8. The van der Waals surface area contributed by atoms with Crippen LogP contribution in [0.25, 0.3) is 17.1 Å². The van der Waals surface area contributed by atoms with E-state index in [4.69, 9.17) is 4.74 Å². The number of nitrogens with one attached hydrogen (secondary N) is 1. The van der Waals surface area contributed by atoms with E-state index in [1.807, 2.05) is 54.8 Å². The maximum Gasteiger partial charge on any atom is 0.230 e. The predicted molar refractivity (Wildman–Crippen MR) is 110 cm³/mol. The maximum atomic E-state index is 12.2. The average molecular weight is 398 g/mol. The number of carbonyl (C=O) groups excluding carboxylic acids is 1. The molecule has 0 bridgehead atoms. The summed E-state index contributed by atoms with van der Waals surface area (Å²) in [6.45, 7) is 4.03. The van der Waals surface area contributed by atoms with Gasteiger partial charge in [0.1, 0.15) is 5.75 Å². The average Bonchev–Trinajstić information content (AvgIpc) is 3.16. The van der Waals surface area contributed by atoms with Crippen LogP contribution in [0.1, 0.15) is 20.3 Å². The van der Waals surface area contributed by atoms with Crippen molar-refractivity contribution in [3.05, 3.63) is 48.8 Å². The summed E-state index contributed by atoms with van der Waals surface area (Å²) in [4.78, 5) is 16.4. The molecule has 3 aromatic rings. The fourth-order valence-corrected chi connectivity index (χ4v) is 3.34. The number of aromatic nitrogens is 4. The van der Waals surface area contributed by atoms with Crippen molar-refractivity contribution >= 4 is 17.7 Å². The van der Waals surface area contributed by atoms with Gasteiger partial charge in [-0.05, 0) is 37.6 Å². The molecule has 28 heavy (non-hydrogen) atoms. The summed E-state index contributed by atoms with van der Waals surface area (Å²) in [7, 11) is 1.63. The molecule has 0 fully saturated rings. The molecule has 0 aliphatic heterocycles. The molecule has 0 spiro atoms. The number of ether oxygens (including phenoxy) is 1. The normalized spacial score (nSPS) is 11.8. The molecule has 0 aliphatic rings. The van der Waals surface area contributed by atoms with Gasteiger partial charge < -0.3 is 10.1 Å². The lowest BCUT2D eigenvalue weighted by Gasteiger charge is -2.13. The van der Waals surface area contributed by atoms with E-state index in [1.54, 1.807) is 19.5 Å². The van der Waals surface area contributed by atoms with Crippen molar-refractivity contribution in [3.63, 3.8) is 0 Å². The van der Waals surface area contributed by atoms with Crippen molar-refractivity contribution in [1.29, 1.82) is 0 Å². The van der Waals surface area contributed by atoms with Crippen LogP contribution in [0.15, 0.2) is 53.9 Å². The third kappa shape index (κ3) is 4.69. The standard InChI is InChI=1S/C20H23N5O2S/c1-4-14(2)22-18(26)13-28-20-24-23-19(15-7-6-10-21-12-15)25(20)16-8-5-9-17(11-16)27-3/h5-12,14H,4,13H2,1-3H3,(H,22,26)/t14-/m0/s1. The van der Waals surface area contributed by atoms with Gasteiger partial charge in [0.2, 0.25) is 5.91 Å². The maximum absolute atomic E-state index is 12.2. The highest BCUT2D eigenvalue weighted by Crippen LogP contribution is 2.29. The molecule has 146 valence electrons. The number of carbonyl (C=O) groups is 1. The summed E-state index contributed by atoms with van der Waals surface area (Å²) in [6.07, 6.45) is 4.34. The van der Waals surface area contributed by atoms with Crippen LogP contribution in [-0.4, -0.2) is 44.6 Å². The lowest BCUT2D eigenvalue weighted by atomic mass is 10.2. The molecule has 2 aromatic heterocycles. The van der Waals surface area contributed by atoms with Gasteiger partial charge in [0.05, 0.1) is 18.6 Å². The second-order valence-electron chi connectivity index (χ2n) is 6.25. The summed E-state index contributed by atoms with van der Waals surface area (Å²) in [5.41, 5.74) is 1.70. The molecular weight excluding hydrogens is 374 g/mol. The lowest BCUT2D eigenvalue weighted by molar-refractivity contribution is -0.119. The molecule has 1 amide bonds. The van der Waals surface area contributed by atoms with E-state index in [9.17, 15) is 4.79 Å². The zero-order valence-corrected chi connectivity index (χ0v) is 16.9. The zero-order chi connectivity index (χ0) is 19.9. The second kappa shape index (κ2) is 9.36. The molecule has 8 heteroatoms. The fraction of sp³-hybridized carbons (Fsp3) is 0.300.